The maximum absolute atomic E-state index is 12.9. The van der Waals surface area contributed by atoms with Gasteiger partial charge in [0.15, 0.2) is 6.17 Å². The molecule has 2 saturated heterocycles. The van der Waals surface area contributed by atoms with Gasteiger partial charge in [0.2, 0.25) is 0 Å². The van der Waals surface area contributed by atoms with Crippen LogP contribution >= 0.6 is 0 Å². The molecule has 0 aromatic heterocycles. The molecule has 2 fully saturated rings. The van der Waals surface area contributed by atoms with Gasteiger partial charge < -0.3 is 10.5 Å². The van der Waals surface area contributed by atoms with E-state index in [4.69, 9.17) is 0 Å². The Labute approximate surface area is 151 Å². The largest absolute Gasteiger partial charge is 0.625 e. The van der Waals surface area contributed by atoms with Gasteiger partial charge in [0.05, 0.1) is 17.5 Å². The molecule has 2 atom stereocenters. The van der Waals surface area contributed by atoms with Crippen LogP contribution in [0.15, 0.2) is 18.2 Å². The maximum Gasteiger partial charge on any atom is 0.314 e. The first-order valence-electron chi connectivity index (χ1n) is 9.35. The highest BCUT2D eigenvalue weighted by molar-refractivity contribution is 6.22. The first kappa shape index (κ1) is 17.3. The molecule has 3 aliphatic heterocycles. The van der Waals surface area contributed by atoms with Crippen LogP contribution in [0, 0.1) is 11.1 Å². The van der Waals surface area contributed by atoms with E-state index in [1.165, 1.54) is 0 Å². The van der Waals surface area contributed by atoms with E-state index in [1.807, 2.05) is 6.07 Å². The molecular formula is C19H23N3O4. The number of aryl methyl sites for hydroxylation is 1. The van der Waals surface area contributed by atoms with Gasteiger partial charge >= 0.3 is 5.91 Å². The fraction of sp³-hybridized carbons (Fsp3) is 0.526. The quantitative estimate of drug-likeness (QED) is 0.595. The third-order valence-electron chi connectivity index (χ3n) is 5.85. The van der Waals surface area contributed by atoms with Crippen LogP contribution in [0.1, 0.15) is 58.4 Å². The van der Waals surface area contributed by atoms with E-state index in [1.54, 1.807) is 12.1 Å². The zero-order chi connectivity index (χ0) is 18.3. The summed E-state index contributed by atoms with van der Waals surface area (Å²) in [6.45, 7) is 2.06. The Morgan fingerprint density at radius 1 is 1.12 bits per heavy atom. The Kier molecular flexibility index (Phi) is 4.60. The van der Waals surface area contributed by atoms with Gasteiger partial charge in [-0.2, -0.15) is 0 Å². The van der Waals surface area contributed by atoms with Crippen molar-refractivity contribution in [3.05, 3.63) is 40.1 Å². The lowest BCUT2D eigenvalue weighted by molar-refractivity contribution is -0.795. The van der Waals surface area contributed by atoms with E-state index in [-0.39, 0.29) is 12.8 Å². The molecule has 3 amide bonds. The molecule has 4 rings (SSSR count). The first-order valence-corrected chi connectivity index (χ1v) is 9.35. The zero-order valence-electron chi connectivity index (χ0n) is 14.6. The molecule has 0 saturated carbocycles. The number of carbonyl (C=O) groups is 3. The van der Waals surface area contributed by atoms with Gasteiger partial charge in [-0.3, -0.25) is 14.7 Å². The highest BCUT2D eigenvalue weighted by Crippen LogP contribution is 2.30. The van der Waals surface area contributed by atoms with Gasteiger partial charge in [0.25, 0.3) is 11.8 Å². The summed E-state index contributed by atoms with van der Waals surface area (Å²) in [6, 6.07) is 5.34. The number of hydroxylamine groups is 2. The van der Waals surface area contributed by atoms with E-state index in [0.717, 1.165) is 49.2 Å². The molecule has 0 radical (unpaired) electrons. The molecule has 7 heteroatoms. The summed E-state index contributed by atoms with van der Waals surface area (Å²) in [5.74, 6) is -0.720. The van der Waals surface area contributed by atoms with Crippen LogP contribution in [0.3, 0.4) is 0 Å². The number of amides is 3. The molecule has 3 heterocycles. The fourth-order valence-electron chi connectivity index (χ4n) is 4.35. The number of nitrogens with one attached hydrogen (secondary N) is 2. The van der Waals surface area contributed by atoms with Crippen LogP contribution in [-0.2, 0) is 11.2 Å². The molecule has 2 N–H and O–H groups in total. The summed E-state index contributed by atoms with van der Waals surface area (Å²) in [4.78, 5) is 38.3. The Morgan fingerprint density at radius 2 is 1.88 bits per heavy atom. The predicted octanol–water partition coefficient (Wildman–Crippen LogP) is 0.244. The lowest BCUT2D eigenvalue weighted by Crippen LogP contribution is -3.13. The number of imide groups is 1. The van der Waals surface area contributed by atoms with E-state index in [0.29, 0.717) is 17.0 Å². The van der Waals surface area contributed by atoms with Crippen molar-refractivity contribution in [1.29, 1.82) is 0 Å². The van der Waals surface area contributed by atoms with Crippen LogP contribution in [0.4, 0.5) is 0 Å². The third-order valence-corrected chi connectivity index (χ3v) is 5.85. The number of nitrogens with zero attached hydrogens (tertiary/aromatic N) is 1. The second-order valence-electron chi connectivity index (χ2n) is 7.39. The average Bonchev–Trinajstić information content (AvgIpc) is 3.11. The van der Waals surface area contributed by atoms with Crippen molar-refractivity contribution in [2.45, 2.75) is 44.7 Å². The summed E-state index contributed by atoms with van der Waals surface area (Å²) in [7, 11) is 0. The first-order chi connectivity index (χ1) is 12.6. The van der Waals surface area contributed by atoms with Crippen molar-refractivity contribution in [2.75, 3.05) is 13.1 Å². The molecule has 1 aromatic rings. The van der Waals surface area contributed by atoms with Crippen LogP contribution in [-0.4, -0.2) is 41.9 Å². The van der Waals surface area contributed by atoms with Gasteiger partial charge in [0, 0.05) is 6.42 Å². The Morgan fingerprint density at radius 3 is 2.58 bits per heavy atom. The Hall–Kier alpha value is -2.09. The van der Waals surface area contributed by atoms with Crippen LogP contribution in [0.5, 0.6) is 0 Å². The number of quaternary nitrogens is 1. The monoisotopic (exact) mass is 357 g/mol. The topological polar surface area (TPSA) is 94.0 Å². The van der Waals surface area contributed by atoms with Crippen molar-refractivity contribution in [3.63, 3.8) is 0 Å². The number of fused-ring (bicyclic) bond motifs is 1. The molecule has 1 aromatic carbocycles. The van der Waals surface area contributed by atoms with Crippen molar-refractivity contribution in [2.24, 2.45) is 5.92 Å². The van der Waals surface area contributed by atoms with Gasteiger partial charge in [-0.05, 0) is 56.3 Å². The molecule has 0 bridgehead atoms. The summed E-state index contributed by atoms with van der Waals surface area (Å²) >= 11 is 0. The Bertz CT molecular complexity index is 757. The summed E-state index contributed by atoms with van der Waals surface area (Å²) in [6.07, 6.45) is 3.43. The van der Waals surface area contributed by atoms with Crippen molar-refractivity contribution in [3.8, 4) is 0 Å². The van der Waals surface area contributed by atoms with Crippen LogP contribution in [0.25, 0.3) is 0 Å². The van der Waals surface area contributed by atoms with Crippen LogP contribution in [0.2, 0.25) is 0 Å². The number of benzene rings is 1. The van der Waals surface area contributed by atoms with Crippen molar-refractivity contribution >= 4 is 17.7 Å². The third kappa shape index (κ3) is 2.86. The summed E-state index contributed by atoms with van der Waals surface area (Å²) in [5.41, 5.74) is 1.67. The SMILES string of the molecule is O=C1c2cccc(CCC3CCNCC3)c2C(=O)N1C1CCC(=O)[NH+]1[O-]. The number of piperidine rings is 1. The molecule has 0 spiro atoms. The molecule has 7 nitrogen and oxygen atoms in total. The lowest BCUT2D eigenvalue weighted by Gasteiger charge is -2.28. The molecule has 26 heavy (non-hydrogen) atoms. The van der Waals surface area contributed by atoms with Gasteiger partial charge in [-0.1, -0.05) is 12.1 Å². The lowest BCUT2D eigenvalue weighted by atomic mass is 9.89. The number of hydrogen-bond acceptors (Lipinski definition) is 5. The molecule has 3 aliphatic rings. The highest BCUT2D eigenvalue weighted by atomic mass is 16.5. The van der Waals surface area contributed by atoms with Gasteiger partial charge in [0.1, 0.15) is 0 Å². The molecule has 0 aliphatic carbocycles. The van der Waals surface area contributed by atoms with E-state index in [9.17, 15) is 19.6 Å². The minimum absolute atomic E-state index is 0.111. The van der Waals surface area contributed by atoms with Crippen LogP contribution < -0.4 is 10.4 Å². The van der Waals surface area contributed by atoms with Crippen molar-refractivity contribution < 1.29 is 19.4 Å². The standard InChI is InChI=1S/C19H23N3O4/c23-16-7-6-15(22(16)26)21-18(24)14-3-1-2-13(17(14)19(21)25)5-4-12-8-10-20-11-9-12/h1-3,12,15,20,22H,4-11H2. The smallest absolute Gasteiger partial charge is 0.314 e. The van der Waals surface area contributed by atoms with Gasteiger partial charge in [-0.15, -0.1) is 0 Å². The highest BCUT2D eigenvalue weighted by Gasteiger charge is 2.47. The minimum atomic E-state index is -0.924. The number of rotatable bonds is 4. The van der Waals surface area contributed by atoms with E-state index in [2.05, 4.69) is 5.32 Å². The number of carbonyl (C=O) groups excluding carboxylic acids is 3. The average molecular weight is 357 g/mol. The summed E-state index contributed by atoms with van der Waals surface area (Å²) in [5, 5.41) is 14.8. The number of hydrogen-bond donors (Lipinski definition) is 2. The van der Waals surface area contributed by atoms with E-state index >= 15 is 0 Å². The predicted molar refractivity (Wildman–Crippen MR) is 93.2 cm³/mol. The fourth-order valence-corrected chi connectivity index (χ4v) is 4.35. The van der Waals surface area contributed by atoms with Gasteiger partial charge in [-0.25, -0.2) is 9.69 Å². The maximum atomic E-state index is 12.9. The van der Waals surface area contributed by atoms with Crippen molar-refractivity contribution in [1.82, 2.24) is 10.2 Å². The molecule has 2 unspecified atom stereocenters. The minimum Gasteiger partial charge on any atom is -0.625 e. The molecular weight excluding hydrogens is 334 g/mol. The second-order valence-corrected chi connectivity index (χ2v) is 7.39. The van der Waals surface area contributed by atoms with E-state index < -0.39 is 29.0 Å². The Balaban J connectivity index is 1.56. The molecule has 138 valence electrons. The normalized spacial score (nSPS) is 26.7. The second kappa shape index (κ2) is 6.90. The zero-order valence-corrected chi connectivity index (χ0v) is 14.6. The summed E-state index contributed by atoms with van der Waals surface area (Å²) < 4.78 is 0.